The second-order valence-corrected chi connectivity index (χ2v) is 4.15. The number of phenols is 2. The molecule has 1 atom stereocenters. The minimum atomic E-state index is -0.828. The van der Waals surface area contributed by atoms with Gasteiger partial charge in [0.15, 0.2) is 0 Å². The van der Waals surface area contributed by atoms with Gasteiger partial charge in [0.05, 0.1) is 11.6 Å². The third kappa shape index (κ3) is 2.87. The highest BCUT2D eigenvalue weighted by Gasteiger charge is 2.17. The summed E-state index contributed by atoms with van der Waals surface area (Å²) < 4.78 is 0. The van der Waals surface area contributed by atoms with E-state index < -0.39 is 11.9 Å². The van der Waals surface area contributed by atoms with Gasteiger partial charge in [-0.3, -0.25) is 4.79 Å². The maximum Gasteiger partial charge on any atom is 0.256 e. The Labute approximate surface area is 115 Å². The monoisotopic (exact) mass is 268 g/mol. The van der Waals surface area contributed by atoms with E-state index in [9.17, 15) is 15.0 Å². The number of carbonyl (C=O) groups excluding carboxylic acids is 1. The third-order valence-electron chi connectivity index (χ3n) is 2.76. The number of carbonyl (C=O) groups is 1. The van der Waals surface area contributed by atoms with Crippen LogP contribution in [0.5, 0.6) is 11.5 Å². The number of rotatable bonds is 3. The van der Waals surface area contributed by atoms with Gasteiger partial charge >= 0.3 is 0 Å². The van der Waals surface area contributed by atoms with E-state index in [1.165, 1.54) is 12.1 Å². The van der Waals surface area contributed by atoms with Crippen LogP contribution in [0.25, 0.3) is 0 Å². The first kappa shape index (κ1) is 13.4. The minimum absolute atomic E-state index is 0.0822. The Bertz CT molecular complexity index is 663. The Kier molecular flexibility index (Phi) is 3.87. The molecule has 2 aromatic rings. The van der Waals surface area contributed by atoms with Crippen molar-refractivity contribution in [1.82, 2.24) is 5.32 Å². The molecule has 5 nitrogen and oxygen atoms in total. The van der Waals surface area contributed by atoms with Gasteiger partial charge < -0.3 is 15.5 Å². The lowest BCUT2D eigenvalue weighted by Gasteiger charge is -2.12. The smallest absolute Gasteiger partial charge is 0.256 e. The molecule has 100 valence electrons. The van der Waals surface area contributed by atoms with Crippen molar-refractivity contribution in [3.63, 3.8) is 0 Å². The van der Waals surface area contributed by atoms with E-state index in [0.29, 0.717) is 5.56 Å². The summed E-state index contributed by atoms with van der Waals surface area (Å²) in [5.74, 6) is -1.03. The van der Waals surface area contributed by atoms with E-state index in [1.807, 2.05) is 6.07 Å². The molecule has 1 unspecified atom stereocenters. The van der Waals surface area contributed by atoms with Gasteiger partial charge in [-0.05, 0) is 23.8 Å². The molecule has 0 bridgehead atoms. The van der Waals surface area contributed by atoms with Gasteiger partial charge in [-0.15, -0.1) is 0 Å². The van der Waals surface area contributed by atoms with Crippen LogP contribution in [0.1, 0.15) is 22.0 Å². The van der Waals surface area contributed by atoms with Gasteiger partial charge in [0.25, 0.3) is 5.91 Å². The summed E-state index contributed by atoms with van der Waals surface area (Å²) in [6.07, 6.45) is 0. The zero-order chi connectivity index (χ0) is 14.5. The van der Waals surface area contributed by atoms with Gasteiger partial charge in [0.1, 0.15) is 17.5 Å². The zero-order valence-electron chi connectivity index (χ0n) is 10.4. The predicted octanol–water partition coefficient (Wildman–Crippen LogP) is 2.09. The number of nitrogens with one attached hydrogen (secondary N) is 1. The van der Waals surface area contributed by atoms with Crippen LogP contribution in [0.4, 0.5) is 0 Å². The van der Waals surface area contributed by atoms with Gasteiger partial charge in [-0.2, -0.15) is 5.26 Å². The number of hydrogen-bond donors (Lipinski definition) is 3. The first-order valence-electron chi connectivity index (χ1n) is 5.89. The van der Waals surface area contributed by atoms with Gasteiger partial charge in [-0.1, -0.05) is 30.3 Å². The molecule has 0 aromatic heterocycles. The predicted molar refractivity (Wildman–Crippen MR) is 72.0 cm³/mol. The first-order valence-corrected chi connectivity index (χ1v) is 5.89. The average molecular weight is 268 g/mol. The van der Waals surface area contributed by atoms with Crippen molar-refractivity contribution in [1.29, 1.82) is 5.26 Å². The number of nitriles is 1. The number of phenolic OH excluding ortho intramolecular Hbond substituents is 2. The van der Waals surface area contributed by atoms with Crippen LogP contribution in [0, 0.1) is 11.3 Å². The normalized spacial score (nSPS) is 11.3. The second-order valence-electron chi connectivity index (χ2n) is 4.15. The quantitative estimate of drug-likeness (QED) is 0.743. The van der Waals surface area contributed by atoms with Crippen LogP contribution in [-0.2, 0) is 0 Å². The largest absolute Gasteiger partial charge is 0.508 e. The average Bonchev–Trinajstić information content (AvgIpc) is 2.48. The Balaban J connectivity index is 2.22. The topological polar surface area (TPSA) is 93.4 Å². The lowest BCUT2D eigenvalue weighted by molar-refractivity contribution is 0.0942. The number of nitrogens with zero attached hydrogens (tertiary/aromatic N) is 1. The molecule has 0 saturated heterocycles. The fourth-order valence-electron chi connectivity index (χ4n) is 1.75. The highest BCUT2D eigenvalue weighted by atomic mass is 16.3. The molecule has 0 fully saturated rings. The van der Waals surface area contributed by atoms with Crippen molar-refractivity contribution < 1.29 is 15.0 Å². The SMILES string of the molecule is N#CC(NC(=O)c1cc(O)ccc1O)c1ccccc1. The van der Waals surface area contributed by atoms with Gasteiger partial charge in [-0.25, -0.2) is 0 Å². The van der Waals surface area contributed by atoms with Crippen molar-refractivity contribution in [3.05, 3.63) is 59.7 Å². The number of hydrogen-bond acceptors (Lipinski definition) is 4. The number of amides is 1. The maximum absolute atomic E-state index is 12.0. The summed E-state index contributed by atoms with van der Waals surface area (Å²) in [4.78, 5) is 12.0. The molecule has 20 heavy (non-hydrogen) atoms. The Morgan fingerprint density at radius 1 is 1.15 bits per heavy atom. The van der Waals surface area contributed by atoms with Gasteiger partial charge in [0, 0.05) is 0 Å². The van der Waals surface area contributed by atoms with Crippen molar-refractivity contribution >= 4 is 5.91 Å². The molecule has 0 aliphatic rings. The van der Waals surface area contributed by atoms with Crippen LogP contribution < -0.4 is 5.32 Å². The molecule has 0 saturated carbocycles. The summed E-state index contributed by atoms with van der Waals surface area (Å²) in [6, 6.07) is 13.5. The Morgan fingerprint density at radius 2 is 1.85 bits per heavy atom. The molecule has 2 aromatic carbocycles. The third-order valence-corrected chi connectivity index (χ3v) is 2.76. The molecule has 0 aliphatic carbocycles. The lowest BCUT2D eigenvalue weighted by atomic mass is 10.1. The lowest BCUT2D eigenvalue weighted by Crippen LogP contribution is -2.27. The molecule has 0 radical (unpaired) electrons. The van der Waals surface area contributed by atoms with Crippen molar-refractivity contribution in [2.45, 2.75) is 6.04 Å². The Hall–Kier alpha value is -3.00. The van der Waals surface area contributed by atoms with Gasteiger partial charge in [0.2, 0.25) is 0 Å². The zero-order valence-corrected chi connectivity index (χ0v) is 10.4. The highest BCUT2D eigenvalue weighted by Crippen LogP contribution is 2.23. The van der Waals surface area contributed by atoms with Crippen LogP contribution in [0.15, 0.2) is 48.5 Å². The molecule has 5 heteroatoms. The molecular formula is C15H12N2O3. The summed E-state index contributed by atoms with van der Waals surface area (Å²) in [7, 11) is 0. The second kappa shape index (κ2) is 5.76. The van der Waals surface area contributed by atoms with Crippen molar-refractivity contribution in [2.24, 2.45) is 0 Å². The summed E-state index contributed by atoms with van der Waals surface area (Å²) in [5, 5.41) is 30.6. The van der Waals surface area contributed by atoms with Crippen molar-refractivity contribution in [3.8, 4) is 17.6 Å². The van der Waals surface area contributed by atoms with Crippen molar-refractivity contribution in [2.75, 3.05) is 0 Å². The molecular weight excluding hydrogens is 256 g/mol. The maximum atomic E-state index is 12.0. The summed E-state index contributed by atoms with van der Waals surface area (Å²) in [5.41, 5.74) is 0.559. The summed E-state index contributed by atoms with van der Waals surface area (Å²) in [6.45, 7) is 0. The standard InChI is InChI=1S/C15H12N2O3/c16-9-13(10-4-2-1-3-5-10)17-15(20)12-8-11(18)6-7-14(12)19/h1-8,13,18-19H,(H,17,20). The van der Waals surface area contributed by atoms with Crippen LogP contribution in [0.2, 0.25) is 0 Å². The van der Waals surface area contributed by atoms with E-state index in [-0.39, 0.29) is 17.1 Å². The summed E-state index contributed by atoms with van der Waals surface area (Å²) >= 11 is 0. The fraction of sp³-hybridized carbons (Fsp3) is 0.0667. The number of benzene rings is 2. The van der Waals surface area contributed by atoms with E-state index in [4.69, 9.17) is 5.26 Å². The molecule has 2 rings (SSSR count). The first-order chi connectivity index (χ1) is 9.61. The molecule has 0 aliphatic heterocycles. The number of aromatic hydroxyl groups is 2. The fourth-order valence-corrected chi connectivity index (χ4v) is 1.75. The molecule has 3 N–H and O–H groups in total. The van der Waals surface area contributed by atoms with Crippen LogP contribution >= 0.6 is 0 Å². The van der Waals surface area contributed by atoms with E-state index in [2.05, 4.69) is 5.32 Å². The molecule has 0 heterocycles. The molecule has 0 spiro atoms. The van der Waals surface area contributed by atoms with E-state index in [1.54, 1.807) is 30.3 Å². The highest BCUT2D eigenvalue weighted by molar-refractivity contribution is 5.97. The van der Waals surface area contributed by atoms with E-state index in [0.717, 1.165) is 6.07 Å². The minimum Gasteiger partial charge on any atom is -0.508 e. The molecule has 1 amide bonds. The Morgan fingerprint density at radius 3 is 2.50 bits per heavy atom. The van der Waals surface area contributed by atoms with Crippen LogP contribution in [-0.4, -0.2) is 16.1 Å². The van der Waals surface area contributed by atoms with E-state index >= 15 is 0 Å². The van der Waals surface area contributed by atoms with Crippen LogP contribution in [0.3, 0.4) is 0 Å².